The number of ether oxygens (including phenoxy) is 1. The van der Waals surface area contributed by atoms with E-state index < -0.39 is 9.84 Å². The summed E-state index contributed by atoms with van der Waals surface area (Å²) in [6, 6.07) is 7.46. The zero-order valence-electron chi connectivity index (χ0n) is 14.3. The van der Waals surface area contributed by atoms with Gasteiger partial charge < -0.3 is 14.5 Å². The number of rotatable bonds is 5. The van der Waals surface area contributed by atoms with Crippen LogP contribution < -0.4 is 9.64 Å². The van der Waals surface area contributed by atoms with E-state index in [1.54, 1.807) is 7.11 Å². The van der Waals surface area contributed by atoms with Crippen LogP contribution in [-0.2, 0) is 9.84 Å². The van der Waals surface area contributed by atoms with E-state index >= 15 is 0 Å². The SMILES string of the molecule is COc1ccccc1N1C(=S)N(CCC(C)C)[C@H]2CS(=O)(=O)C[C@H]21. The van der Waals surface area contributed by atoms with Gasteiger partial charge in [0.05, 0.1) is 36.4 Å². The third-order valence-electron chi connectivity index (χ3n) is 4.77. The Bertz CT molecular complexity index is 733. The van der Waals surface area contributed by atoms with E-state index in [1.165, 1.54) is 0 Å². The highest BCUT2D eigenvalue weighted by molar-refractivity contribution is 7.91. The van der Waals surface area contributed by atoms with Crippen molar-refractivity contribution in [3.8, 4) is 5.75 Å². The first kappa shape index (κ1) is 17.5. The molecule has 0 amide bonds. The third-order valence-corrected chi connectivity index (χ3v) is 6.90. The van der Waals surface area contributed by atoms with Crippen LogP contribution in [0.1, 0.15) is 20.3 Å². The minimum Gasteiger partial charge on any atom is -0.495 e. The van der Waals surface area contributed by atoms with Crippen LogP contribution in [0.15, 0.2) is 24.3 Å². The van der Waals surface area contributed by atoms with E-state index in [1.807, 2.05) is 29.2 Å². The monoisotopic (exact) mass is 368 g/mol. The number of hydrogen-bond donors (Lipinski definition) is 0. The van der Waals surface area contributed by atoms with Crippen LogP contribution in [0.2, 0.25) is 0 Å². The molecule has 0 unspecified atom stereocenters. The number of hydrogen-bond acceptors (Lipinski definition) is 4. The van der Waals surface area contributed by atoms with Gasteiger partial charge in [-0.05, 0) is 36.7 Å². The van der Waals surface area contributed by atoms with Gasteiger partial charge in [-0.2, -0.15) is 0 Å². The molecular formula is C17H24N2O3S2. The highest BCUT2D eigenvalue weighted by Crippen LogP contribution is 2.39. The third kappa shape index (κ3) is 3.11. The van der Waals surface area contributed by atoms with Crippen LogP contribution in [0.5, 0.6) is 5.75 Å². The van der Waals surface area contributed by atoms with Gasteiger partial charge >= 0.3 is 0 Å². The Morgan fingerprint density at radius 2 is 1.92 bits per heavy atom. The summed E-state index contributed by atoms with van der Waals surface area (Å²) >= 11 is 5.73. The fraction of sp³-hybridized carbons (Fsp3) is 0.588. The Labute approximate surface area is 149 Å². The summed E-state index contributed by atoms with van der Waals surface area (Å²) in [6.45, 7) is 5.12. The molecule has 1 aromatic rings. The first-order valence-corrected chi connectivity index (χ1v) is 10.5. The molecule has 0 aliphatic carbocycles. The molecular weight excluding hydrogens is 344 g/mol. The minimum absolute atomic E-state index is 0.0637. The molecule has 2 aliphatic rings. The lowest BCUT2D eigenvalue weighted by molar-refractivity contribution is 0.333. The summed E-state index contributed by atoms with van der Waals surface area (Å²) in [6.07, 6.45) is 0.989. The summed E-state index contributed by atoms with van der Waals surface area (Å²) in [5.41, 5.74) is 0.851. The molecule has 2 atom stereocenters. The molecule has 3 rings (SSSR count). The average molecular weight is 369 g/mol. The lowest BCUT2D eigenvalue weighted by Crippen LogP contribution is -2.38. The average Bonchev–Trinajstić information content (AvgIpc) is 2.94. The second-order valence-corrected chi connectivity index (χ2v) is 9.43. The fourth-order valence-corrected chi connectivity index (χ4v) is 5.96. The summed E-state index contributed by atoms with van der Waals surface area (Å²) in [5, 5.41) is 0.713. The standard InChI is InChI=1S/C17H24N2O3S2/c1-12(2)8-9-18-14-10-24(20,21)11-15(14)19(17(18)23)13-6-4-5-7-16(13)22-3/h4-7,12,14-15H,8-11H2,1-3H3/t14-,15+/m0/s1. The van der Waals surface area contributed by atoms with Crippen molar-refractivity contribution in [3.63, 3.8) is 0 Å². The zero-order chi connectivity index (χ0) is 17.5. The number of anilines is 1. The van der Waals surface area contributed by atoms with Crippen LogP contribution >= 0.6 is 12.2 Å². The van der Waals surface area contributed by atoms with Crippen molar-refractivity contribution in [2.75, 3.05) is 30.1 Å². The maximum atomic E-state index is 12.2. The molecule has 1 aromatic carbocycles. The molecule has 0 aromatic heterocycles. The normalized spacial score (nSPS) is 25.4. The van der Waals surface area contributed by atoms with Gasteiger partial charge in [0.2, 0.25) is 0 Å². The van der Waals surface area contributed by atoms with Gasteiger partial charge in [-0.1, -0.05) is 26.0 Å². The summed E-state index contributed by atoms with van der Waals surface area (Å²) in [4.78, 5) is 4.10. The molecule has 132 valence electrons. The largest absolute Gasteiger partial charge is 0.495 e. The van der Waals surface area contributed by atoms with Gasteiger partial charge in [0.15, 0.2) is 14.9 Å². The Hall–Kier alpha value is -1.34. The summed E-state index contributed by atoms with van der Waals surface area (Å²) < 4.78 is 29.9. The lowest BCUT2D eigenvalue weighted by atomic mass is 10.1. The van der Waals surface area contributed by atoms with Crippen molar-refractivity contribution in [3.05, 3.63) is 24.3 Å². The maximum absolute atomic E-state index is 12.2. The number of benzene rings is 1. The van der Waals surface area contributed by atoms with Crippen LogP contribution in [0, 0.1) is 5.92 Å². The molecule has 2 fully saturated rings. The van der Waals surface area contributed by atoms with E-state index in [4.69, 9.17) is 17.0 Å². The molecule has 2 aliphatic heterocycles. The number of fused-ring (bicyclic) bond motifs is 1. The van der Waals surface area contributed by atoms with E-state index in [-0.39, 0.29) is 23.6 Å². The molecule has 7 heteroatoms. The molecule has 0 saturated carbocycles. The fourth-order valence-electron chi connectivity index (χ4n) is 3.55. The van der Waals surface area contributed by atoms with Crippen LogP contribution in [0.3, 0.4) is 0 Å². The summed E-state index contributed by atoms with van der Waals surface area (Å²) in [7, 11) is -1.42. The molecule has 0 bridgehead atoms. The van der Waals surface area contributed by atoms with Crippen LogP contribution in [-0.4, -0.2) is 55.7 Å². The highest BCUT2D eigenvalue weighted by atomic mass is 32.2. The van der Waals surface area contributed by atoms with Crippen molar-refractivity contribution in [2.24, 2.45) is 5.92 Å². The number of methoxy groups -OCH3 is 1. The lowest BCUT2D eigenvalue weighted by Gasteiger charge is -2.27. The van der Waals surface area contributed by atoms with Gasteiger partial charge in [-0.15, -0.1) is 0 Å². The van der Waals surface area contributed by atoms with Gasteiger partial charge in [-0.25, -0.2) is 8.42 Å². The van der Waals surface area contributed by atoms with E-state index in [9.17, 15) is 8.42 Å². The van der Waals surface area contributed by atoms with Crippen molar-refractivity contribution in [2.45, 2.75) is 32.4 Å². The summed E-state index contributed by atoms with van der Waals surface area (Å²) in [5.74, 6) is 1.59. The zero-order valence-corrected chi connectivity index (χ0v) is 15.9. The van der Waals surface area contributed by atoms with Crippen LogP contribution in [0.25, 0.3) is 0 Å². The van der Waals surface area contributed by atoms with Gasteiger partial charge in [0.1, 0.15) is 5.75 Å². The van der Waals surface area contributed by atoms with E-state index in [0.29, 0.717) is 16.8 Å². The molecule has 0 N–H and O–H groups in total. The van der Waals surface area contributed by atoms with E-state index in [0.717, 1.165) is 18.7 Å². The number of thiocarbonyl (C=S) groups is 1. The van der Waals surface area contributed by atoms with Gasteiger partial charge in [-0.3, -0.25) is 0 Å². The second kappa shape index (κ2) is 6.52. The topological polar surface area (TPSA) is 49.9 Å². The quantitative estimate of drug-likeness (QED) is 0.744. The molecule has 5 nitrogen and oxygen atoms in total. The van der Waals surface area contributed by atoms with Crippen molar-refractivity contribution in [1.82, 2.24) is 4.90 Å². The Kier molecular flexibility index (Phi) is 4.75. The molecule has 2 saturated heterocycles. The van der Waals surface area contributed by atoms with Crippen molar-refractivity contribution in [1.29, 1.82) is 0 Å². The van der Waals surface area contributed by atoms with Crippen molar-refractivity contribution < 1.29 is 13.2 Å². The molecule has 0 spiro atoms. The van der Waals surface area contributed by atoms with Crippen molar-refractivity contribution >= 4 is 32.9 Å². The van der Waals surface area contributed by atoms with Gasteiger partial charge in [0.25, 0.3) is 0 Å². The predicted molar refractivity (Wildman–Crippen MR) is 100 cm³/mol. The number of nitrogens with zero attached hydrogens (tertiary/aromatic N) is 2. The minimum atomic E-state index is -3.04. The Morgan fingerprint density at radius 1 is 1.25 bits per heavy atom. The smallest absolute Gasteiger partial charge is 0.176 e. The maximum Gasteiger partial charge on any atom is 0.176 e. The number of sulfone groups is 1. The highest BCUT2D eigenvalue weighted by Gasteiger charge is 2.52. The molecule has 2 heterocycles. The molecule has 0 radical (unpaired) electrons. The first-order valence-electron chi connectivity index (χ1n) is 8.27. The first-order chi connectivity index (χ1) is 11.3. The number of para-hydroxylation sites is 2. The second-order valence-electron chi connectivity index (χ2n) is 6.91. The molecule has 24 heavy (non-hydrogen) atoms. The Morgan fingerprint density at radius 3 is 2.58 bits per heavy atom. The Balaban J connectivity index is 1.98. The van der Waals surface area contributed by atoms with Gasteiger partial charge in [0, 0.05) is 6.54 Å². The van der Waals surface area contributed by atoms with E-state index in [2.05, 4.69) is 18.7 Å². The predicted octanol–water partition coefficient (Wildman–Crippen LogP) is 2.31. The van der Waals surface area contributed by atoms with Crippen LogP contribution in [0.4, 0.5) is 5.69 Å².